The van der Waals surface area contributed by atoms with Crippen molar-refractivity contribution in [3.05, 3.63) is 54.1 Å². The first-order valence-electron chi connectivity index (χ1n) is 7.60. The third-order valence-electron chi connectivity index (χ3n) is 4.16. The first kappa shape index (κ1) is 13.9. The molecule has 112 valence electrons. The van der Waals surface area contributed by atoms with E-state index in [0.717, 1.165) is 41.7 Å². The number of benzene rings is 2. The Morgan fingerprint density at radius 1 is 0.955 bits per heavy atom. The van der Waals surface area contributed by atoms with Crippen molar-refractivity contribution in [2.45, 2.75) is 16.5 Å². The molecule has 3 nitrogen and oxygen atoms in total. The van der Waals surface area contributed by atoms with E-state index in [-0.39, 0.29) is 13.9 Å². The standard InChI is InChI=1S/C18H19N2OSe/c1-22-12-10-20(11-13-22)18-14-6-2-4-8-16(14)21-17-9-5-3-7-15(17)19-18/h2-9H,10-13H2,1H3/q+1. The van der Waals surface area contributed by atoms with E-state index < -0.39 is 0 Å². The Morgan fingerprint density at radius 2 is 1.64 bits per heavy atom. The quantitative estimate of drug-likeness (QED) is 0.656. The van der Waals surface area contributed by atoms with Gasteiger partial charge in [-0.1, -0.05) is 0 Å². The van der Waals surface area contributed by atoms with E-state index >= 15 is 0 Å². The van der Waals surface area contributed by atoms with Crippen LogP contribution >= 0.6 is 0 Å². The molecule has 0 unspecified atom stereocenters. The van der Waals surface area contributed by atoms with Crippen LogP contribution < -0.4 is 4.74 Å². The molecule has 22 heavy (non-hydrogen) atoms. The Hall–Kier alpha value is -1.77. The number of amidine groups is 1. The first-order chi connectivity index (χ1) is 10.8. The molecule has 2 aromatic rings. The SMILES string of the molecule is C[Se+]1CCN(C2=Nc3ccccc3Oc3ccccc32)CC1. The third kappa shape index (κ3) is 2.53. The van der Waals surface area contributed by atoms with Gasteiger partial charge in [-0.3, -0.25) is 0 Å². The summed E-state index contributed by atoms with van der Waals surface area (Å²) in [6.07, 6.45) is 0. The van der Waals surface area contributed by atoms with Crippen LogP contribution in [0.2, 0.25) is 16.5 Å². The molecule has 4 heteroatoms. The molecule has 0 atom stereocenters. The summed E-state index contributed by atoms with van der Waals surface area (Å²) >= 11 is -0.351. The Morgan fingerprint density at radius 3 is 2.45 bits per heavy atom. The van der Waals surface area contributed by atoms with E-state index in [1.54, 1.807) is 0 Å². The third-order valence-corrected chi connectivity index (χ3v) is 7.85. The summed E-state index contributed by atoms with van der Waals surface area (Å²) in [4.78, 5) is 7.40. The van der Waals surface area contributed by atoms with Crippen LogP contribution in [-0.4, -0.2) is 37.7 Å². The average Bonchev–Trinajstić information content (AvgIpc) is 2.72. The molecule has 2 aromatic carbocycles. The number of ether oxygens (including phenoxy) is 1. The summed E-state index contributed by atoms with van der Waals surface area (Å²) in [6.45, 7) is 2.24. The minimum atomic E-state index is -0.351. The van der Waals surface area contributed by atoms with E-state index in [1.165, 1.54) is 10.6 Å². The Kier molecular flexibility index (Phi) is 3.65. The molecule has 0 radical (unpaired) electrons. The Labute approximate surface area is 135 Å². The zero-order valence-corrected chi connectivity index (χ0v) is 14.4. The zero-order valence-electron chi connectivity index (χ0n) is 12.7. The van der Waals surface area contributed by atoms with E-state index in [2.05, 4.69) is 22.9 Å². The molecule has 2 heterocycles. The molecule has 1 saturated heterocycles. The molecule has 0 N–H and O–H groups in total. The second-order valence-electron chi connectivity index (χ2n) is 5.68. The van der Waals surface area contributed by atoms with E-state index in [1.807, 2.05) is 36.4 Å². The van der Waals surface area contributed by atoms with Gasteiger partial charge in [0.25, 0.3) is 0 Å². The molecule has 2 aliphatic heterocycles. The second-order valence-corrected chi connectivity index (χ2v) is 10.7. The normalized spacial score (nSPS) is 17.9. The van der Waals surface area contributed by atoms with Crippen LogP contribution in [-0.2, 0) is 0 Å². The number of rotatable bonds is 0. The zero-order chi connectivity index (χ0) is 14.9. The maximum atomic E-state index is 6.11. The first-order valence-corrected chi connectivity index (χ1v) is 11.7. The molecule has 0 amide bonds. The predicted octanol–water partition coefficient (Wildman–Crippen LogP) is 4.31. The van der Waals surface area contributed by atoms with E-state index in [0.29, 0.717) is 0 Å². The monoisotopic (exact) mass is 359 g/mol. The van der Waals surface area contributed by atoms with Crippen molar-refractivity contribution in [1.29, 1.82) is 0 Å². The summed E-state index contributed by atoms with van der Waals surface area (Å²) in [5, 5.41) is 2.70. The van der Waals surface area contributed by atoms with Crippen molar-refractivity contribution >= 4 is 25.4 Å². The maximum absolute atomic E-state index is 6.11. The van der Waals surface area contributed by atoms with Gasteiger partial charge in [0.15, 0.2) is 0 Å². The van der Waals surface area contributed by atoms with Gasteiger partial charge in [-0.15, -0.1) is 0 Å². The summed E-state index contributed by atoms with van der Waals surface area (Å²) < 4.78 is 6.11. The van der Waals surface area contributed by atoms with Crippen LogP contribution in [0.4, 0.5) is 5.69 Å². The van der Waals surface area contributed by atoms with Crippen LogP contribution in [0.1, 0.15) is 5.56 Å². The van der Waals surface area contributed by atoms with Crippen molar-refractivity contribution in [1.82, 2.24) is 4.90 Å². The summed E-state index contributed by atoms with van der Waals surface area (Å²) in [5.74, 6) is 5.27. The van der Waals surface area contributed by atoms with Gasteiger partial charge >= 0.3 is 135 Å². The van der Waals surface area contributed by atoms with Crippen LogP contribution in [0.5, 0.6) is 11.5 Å². The molecule has 4 rings (SSSR count). The summed E-state index contributed by atoms with van der Waals surface area (Å²) in [7, 11) is 0. The van der Waals surface area contributed by atoms with Crippen molar-refractivity contribution < 1.29 is 4.74 Å². The van der Waals surface area contributed by atoms with Gasteiger partial charge in [-0.2, -0.15) is 0 Å². The molecule has 0 aliphatic carbocycles. The van der Waals surface area contributed by atoms with Crippen LogP contribution in [0.3, 0.4) is 0 Å². The predicted molar refractivity (Wildman–Crippen MR) is 92.0 cm³/mol. The van der Waals surface area contributed by atoms with Gasteiger partial charge in [0.05, 0.1) is 0 Å². The van der Waals surface area contributed by atoms with Gasteiger partial charge in [-0.05, 0) is 0 Å². The van der Waals surface area contributed by atoms with Crippen LogP contribution in [0.15, 0.2) is 53.5 Å². The molecular formula is C18H19N2OSe+. The fourth-order valence-corrected chi connectivity index (χ4v) is 5.53. The summed E-state index contributed by atoms with van der Waals surface area (Å²) in [5.41, 5.74) is 2.02. The van der Waals surface area contributed by atoms with Crippen molar-refractivity contribution in [3.63, 3.8) is 0 Å². The van der Waals surface area contributed by atoms with Crippen LogP contribution in [0, 0.1) is 0 Å². The second kappa shape index (κ2) is 5.79. The van der Waals surface area contributed by atoms with Crippen molar-refractivity contribution in [2.24, 2.45) is 4.99 Å². The molecule has 2 aliphatic rings. The molecule has 0 aromatic heterocycles. The number of aliphatic imine (C=N–C) groups is 1. The summed E-state index contributed by atoms with van der Waals surface area (Å²) in [6, 6.07) is 16.3. The number of para-hydroxylation sites is 3. The Balaban J connectivity index is 1.82. The molecule has 0 saturated carbocycles. The van der Waals surface area contributed by atoms with Gasteiger partial charge in [-0.25, -0.2) is 0 Å². The Bertz CT molecular complexity index is 721. The van der Waals surface area contributed by atoms with E-state index in [9.17, 15) is 0 Å². The van der Waals surface area contributed by atoms with Gasteiger partial charge < -0.3 is 0 Å². The van der Waals surface area contributed by atoms with Gasteiger partial charge in [0.1, 0.15) is 0 Å². The molecule has 0 spiro atoms. The van der Waals surface area contributed by atoms with Crippen LogP contribution in [0.25, 0.3) is 0 Å². The van der Waals surface area contributed by atoms with E-state index in [4.69, 9.17) is 9.73 Å². The molecular weight excluding hydrogens is 339 g/mol. The molecule has 1 fully saturated rings. The van der Waals surface area contributed by atoms with Gasteiger partial charge in [0.2, 0.25) is 0 Å². The molecule has 0 bridgehead atoms. The minimum absolute atomic E-state index is 0.351. The van der Waals surface area contributed by atoms with Gasteiger partial charge in [0, 0.05) is 0 Å². The fraction of sp³-hybridized carbons (Fsp3) is 0.278. The van der Waals surface area contributed by atoms with Crippen molar-refractivity contribution in [2.75, 3.05) is 13.1 Å². The number of hydrogen-bond donors (Lipinski definition) is 0. The van der Waals surface area contributed by atoms with Crippen molar-refractivity contribution in [3.8, 4) is 11.5 Å². The number of nitrogens with zero attached hydrogens (tertiary/aromatic N) is 2. The average molecular weight is 358 g/mol. The fourth-order valence-electron chi connectivity index (χ4n) is 2.87. The number of hydrogen-bond acceptors (Lipinski definition) is 3. The number of fused-ring (bicyclic) bond motifs is 2. The topological polar surface area (TPSA) is 24.8 Å².